The Morgan fingerprint density at radius 2 is 1.95 bits per heavy atom. The second-order valence-electron chi connectivity index (χ2n) is 4.91. The van der Waals surface area contributed by atoms with E-state index in [-0.39, 0.29) is 18.1 Å². The number of halogens is 2. The van der Waals surface area contributed by atoms with Crippen LogP contribution in [-0.2, 0) is 4.79 Å². The first-order chi connectivity index (χ1) is 9.13. The number of amides is 1. The molecule has 1 N–H and O–H groups in total. The lowest BCUT2D eigenvalue weighted by Gasteiger charge is -2.28. The Morgan fingerprint density at radius 1 is 1.32 bits per heavy atom. The molecule has 104 valence electrons. The maximum atomic E-state index is 11.9. The third-order valence-electron chi connectivity index (χ3n) is 3.40. The van der Waals surface area contributed by atoms with Gasteiger partial charge in [0.1, 0.15) is 5.75 Å². The Morgan fingerprint density at radius 3 is 2.53 bits per heavy atom. The zero-order chi connectivity index (χ0) is 13.7. The molecule has 0 atom stereocenters. The fourth-order valence-corrected chi connectivity index (χ4v) is 3.18. The number of hydrogen-bond acceptors (Lipinski definition) is 2. The molecule has 0 heterocycles. The van der Waals surface area contributed by atoms with E-state index in [0.717, 1.165) is 18.2 Å². The van der Waals surface area contributed by atoms with Gasteiger partial charge in [-0.2, -0.15) is 0 Å². The summed E-state index contributed by atoms with van der Waals surface area (Å²) in [5.41, 5.74) is -0.0829. The van der Waals surface area contributed by atoms with Crippen LogP contribution in [0.2, 0.25) is 5.02 Å². The smallest absolute Gasteiger partial charge is 0.258 e. The third kappa shape index (κ3) is 4.11. The Bertz CT molecular complexity index is 430. The number of benzene rings is 1. The lowest BCUT2D eigenvalue weighted by molar-refractivity contribution is -0.124. The van der Waals surface area contributed by atoms with Crippen LogP contribution >= 0.6 is 27.5 Å². The van der Waals surface area contributed by atoms with Crippen LogP contribution in [0.5, 0.6) is 5.75 Å². The summed E-state index contributed by atoms with van der Waals surface area (Å²) in [4.78, 5) is 11.9. The summed E-state index contributed by atoms with van der Waals surface area (Å²) in [7, 11) is 0. The van der Waals surface area contributed by atoms with Crippen LogP contribution < -0.4 is 10.1 Å². The number of carbonyl (C=O) groups is 1. The molecule has 0 radical (unpaired) electrons. The van der Waals surface area contributed by atoms with Crippen LogP contribution in [0.1, 0.15) is 25.7 Å². The largest absolute Gasteiger partial charge is 0.484 e. The summed E-state index contributed by atoms with van der Waals surface area (Å²) in [6.45, 7) is 0.0381. The number of hydrogen-bond donors (Lipinski definition) is 1. The number of rotatable bonds is 5. The zero-order valence-electron chi connectivity index (χ0n) is 10.6. The zero-order valence-corrected chi connectivity index (χ0v) is 13.0. The van der Waals surface area contributed by atoms with Gasteiger partial charge < -0.3 is 10.1 Å². The molecule has 1 aliphatic rings. The average Bonchev–Trinajstić information content (AvgIpc) is 2.87. The van der Waals surface area contributed by atoms with Gasteiger partial charge in [0, 0.05) is 15.9 Å². The summed E-state index contributed by atoms with van der Waals surface area (Å²) in [5, 5.41) is 4.54. The molecule has 1 aromatic carbocycles. The van der Waals surface area contributed by atoms with E-state index >= 15 is 0 Å². The van der Waals surface area contributed by atoms with Crippen LogP contribution in [0.25, 0.3) is 0 Å². The average molecular weight is 347 g/mol. The lowest BCUT2D eigenvalue weighted by atomic mass is 10.0. The van der Waals surface area contributed by atoms with Crippen LogP contribution in [0.15, 0.2) is 24.3 Å². The molecule has 5 heteroatoms. The lowest BCUT2D eigenvalue weighted by Crippen LogP contribution is -2.49. The molecule has 1 fully saturated rings. The molecule has 1 saturated carbocycles. The van der Waals surface area contributed by atoms with E-state index in [0.29, 0.717) is 10.8 Å². The van der Waals surface area contributed by atoms with Crippen molar-refractivity contribution in [1.29, 1.82) is 0 Å². The summed E-state index contributed by atoms with van der Waals surface area (Å²) in [6.07, 6.45) is 4.41. The molecule has 0 spiro atoms. The molecule has 2 rings (SSSR count). The number of ether oxygens (including phenoxy) is 1. The molecule has 1 amide bonds. The predicted octanol–water partition coefficient (Wildman–Crippen LogP) is 3.54. The van der Waals surface area contributed by atoms with E-state index in [2.05, 4.69) is 21.2 Å². The topological polar surface area (TPSA) is 38.3 Å². The van der Waals surface area contributed by atoms with Crippen LogP contribution in [-0.4, -0.2) is 23.4 Å². The first kappa shape index (κ1) is 14.7. The summed E-state index contributed by atoms with van der Waals surface area (Å²) >= 11 is 9.28. The van der Waals surface area contributed by atoms with Crippen molar-refractivity contribution in [2.75, 3.05) is 11.9 Å². The van der Waals surface area contributed by atoms with Crippen molar-refractivity contribution >= 4 is 33.4 Å². The Labute approximate surface area is 126 Å². The molecule has 19 heavy (non-hydrogen) atoms. The van der Waals surface area contributed by atoms with Crippen molar-refractivity contribution in [3.8, 4) is 5.75 Å². The maximum absolute atomic E-state index is 11.9. The molecule has 0 bridgehead atoms. The second-order valence-corrected chi connectivity index (χ2v) is 5.91. The normalized spacial score (nSPS) is 17.2. The van der Waals surface area contributed by atoms with Crippen molar-refractivity contribution in [3.63, 3.8) is 0 Å². The first-order valence-corrected chi connectivity index (χ1v) is 7.89. The number of carbonyl (C=O) groups excluding carboxylic acids is 1. The van der Waals surface area contributed by atoms with Gasteiger partial charge in [-0.3, -0.25) is 4.79 Å². The van der Waals surface area contributed by atoms with E-state index in [1.807, 2.05) is 0 Å². The second kappa shape index (κ2) is 6.62. The predicted molar refractivity (Wildman–Crippen MR) is 80.1 cm³/mol. The van der Waals surface area contributed by atoms with Crippen molar-refractivity contribution in [1.82, 2.24) is 5.32 Å². The van der Waals surface area contributed by atoms with Crippen LogP contribution in [0.3, 0.4) is 0 Å². The van der Waals surface area contributed by atoms with E-state index in [1.165, 1.54) is 12.8 Å². The van der Waals surface area contributed by atoms with Gasteiger partial charge in [0.25, 0.3) is 5.91 Å². The highest BCUT2D eigenvalue weighted by atomic mass is 79.9. The fraction of sp³-hybridized carbons (Fsp3) is 0.500. The van der Waals surface area contributed by atoms with Gasteiger partial charge >= 0.3 is 0 Å². The Hall–Kier alpha value is -0.740. The van der Waals surface area contributed by atoms with Crippen molar-refractivity contribution in [2.24, 2.45) is 0 Å². The molecular weight excluding hydrogens is 330 g/mol. The van der Waals surface area contributed by atoms with Gasteiger partial charge in [0.15, 0.2) is 6.61 Å². The van der Waals surface area contributed by atoms with Crippen LogP contribution in [0.4, 0.5) is 0 Å². The molecular formula is C14H17BrClNO2. The van der Waals surface area contributed by atoms with Gasteiger partial charge in [-0.15, -0.1) is 0 Å². The van der Waals surface area contributed by atoms with E-state index in [1.54, 1.807) is 24.3 Å². The highest BCUT2D eigenvalue weighted by molar-refractivity contribution is 9.09. The highest BCUT2D eigenvalue weighted by Crippen LogP contribution is 2.31. The van der Waals surface area contributed by atoms with E-state index in [9.17, 15) is 4.79 Å². The number of alkyl halides is 1. The maximum Gasteiger partial charge on any atom is 0.258 e. The van der Waals surface area contributed by atoms with Gasteiger partial charge in [0.05, 0.1) is 0 Å². The fourth-order valence-electron chi connectivity index (χ4n) is 2.36. The van der Waals surface area contributed by atoms with Gasteiger partial charge in [-0.1, -0.05) is 40.4 Å². The minimum Gasteiger partial charge on any atom is -0.484 e. The molecule has 3 nitrogen and oxygen atoms in total. The number of nitrogens with one attached hydrogen (secondary N) is 1. The van der Waals surface area contributed by atoms with Gasteiger partial charge in [0.2, 0.25) is 0 Å². The van der Waals surface area contributed by atoms with Crippen molar-refractivity contribution < 1.29 is 9.53 Å². The minimum absolute atomic E-state index is 0.0381. The van der Waals surface area contributed by atoms with E-state index in [4.69, 9.17) is 16.3 Å². The molecule has 1 aliphatic carbocycles. The molecule has 0 unspecified atom stereocenters. The third-order valence-corrected chi connectivity index (χ3v) is 4.73. The summed E-state index contributed by atoms with van der Waals surface area (Å²) in [6, 6.07) is 6.99. The molecule has 1 aromatic rings. The van der Waals surface area contributed by atoms with Gasteiger partial charge in [-0.25, -0.2) is 0 Å². The van der Waals surface area contributed by atoms with Crippen LogP contribution in [0, 0.1) is 0 Å². The molecule has 0 saturated heterocycles. The quantitative estimate of drug-likeness (QED) is 0.828. The minimum atomic E-state index is -0.0829. The Balaban J connectivity index is 1.82. The SMILES string of the molecule is O=C(COc1ccc(Cl)cc1)NC1(CBr)CCCC1. The Kier molecular flexibility index (Phi) is 5.11. The highest BCUT2D eigenvalue weighted by Gasteiger charge is 2.34. The van der Waals surface area contributed by atoms with Gasteiger partial charge in [-0.05, 0) is 37.1 Å². The summed E-state index contributed by atoms with van der Waals surface area (Å²) < 4.78 is 5.44. The van der Waals surface area contributed by atoms with E-state index < -0.39 is 0 Å². The monoisotopic (exact) mass is 345 g/mol. The molecule has 0 aliphatic heterocycles. The van der Waals surface area contributed by atoms with Crippen molar-refractivity contribution in [3.05, 3.63) is 29.3 Å². The summed E-state index contributed by atoms with van der Waals surface area (Å²) in [5.74, 6) is 0.579. The molecule has 0 aromatic heterocycles. The first-order valence-electron chi connectivity index (χ1n) is 6.39. The van der Waals surface area contributed by atoms with Crippen molar-refractivity contribution in [2.45, 2.75) is 31.2 Å². The standard InChI is InChI=1S/C14H17BrClNO2/c15-10-14(7-1-2-8-14)17-13(18)9-19-12-5-3-11(16)4-6-12/h3-6H,1-2,7-10H2,(H,17,18).